The van der Waals surface area contributed by atoms with Crippen LogP contribution in [0.15, 0.2) is 52.1 Å². The number of pyridine rings is 1. The third-order valence-corrected chi connectivity index (χ3v) is 5.43. The number of nitrogens with two attached hydrogens (primary N) is 1. The molecule has 152 valence electrons. The molecule has 1 amide bonds. The molecule has 0 saturated carbocycles. The monoisotopic (exact) mass is 470 g/mol. The Labute approximate surface area is 180 Å². The molecule has 2 N–H and O–H groups in total. The minimum absolute atomic E-state index is 0.173. The Morgan fingerprint density at radius 3 is 2.67 bits per heavy atom. The van der Waals surface area contributed by atoms with Crippen molar-refractivity contribution in [3.63, 3.8) is 0 Å². The quantitative estimate of drug-likeness (QED) is 0.448. The van der Waals surface area contributed by atoms with Gasteiger partial charge in [-0.2, -0.15) is 0 Å². The molecule has 0 saturated heterocycles. The van der Waals surface area contributed by atoms with Gasteiger partial charge in [0.15, 0.2) is 0 Å². The number of hydrogen-bond acceptors (Lipinski definition) is 4. The number of carbonyl (C=O) groups is 1. The van der Waals surface area contributed by atoms with Gasteiger partial charge in [0.1, 0.15) is 11.6 Å². The minimum atomic E-state index is -0.732. The van der Waals surface area contributed by atoms with Crippen molar-refractivity contribution in [3.05, 3.63) is 81.1 Å². The van der Waals surface area contributed by atoms with Gasteiger partial charge < -0.3 is 10.6 Å². The van der Waals surface area contributed by atoms with Gasteiger partial charge in [-0.25, -0.2) is 8.78 Å². The van der Waals surface area contributed by atoms with Crippen LogP contribution in [0.2, 0.25) is 0 Å². The maximum Gasteiger partial charge on any atom is 0.256 e. The number of rotatable bonds is 4. The van der Waals surface area contributed by atoms with Crippen LogP contribution in [0.3, 0.4) is 0 Å². The maximum absolute atomic E-state index is 14.9. The van der Waals surface area contributed by atoms with Gasteiger partial charge in [-0.15, -0.1) is 0 Å². The van der Waals surface area contributed by atoms with Gasteiger partial charge in [0, 0.05) is 40.7 Å². The van der Waals surface area contributed by atoms with Gasteiger partial charge >= 0.3 is 0 Å². The molecule has 1 aromatic heterocycles. The fourth-order valence-electron chi connectivity index (χ4n) is 3.54. The number of anilines is 1. The number of aliphatic imine (C=N–C) groups is 1. The number of halogens is 3. The normalized spacial score (nSPS) is 13.3. The summed E-state index contributed by atoms with van der Waals surface area (Å²) in [5, 5.41) is 0. The van der Waals surface area contributed by atoms with E-state index >= 15 is 0 Å². The smallest absolute Gasteiger partial charge is 0.256 e. The Hall–Kier alpha value is -3.13. The van der Waals surface area contributed by atoms with Crippen molar-refractivity contribution in [1.29, 1.82) is 0 Å². The molecule has 4 rings (SSSR count). The average molecular weight is 471 g/mol. The van der Waals surface area contributed by atoms with E-state index in [2.05, 4.69) is 25.9 Å². The van der Waals surface area contributed by atoms with Crippen LogP contribution in [0.25, 0.3) is 11.1 Å². The Kier molecular flexibility index (Phi) is 5.34. The molecule has 0 spiro atoms. The topological polar surface area (TPSA) is 71.6 Å². The summed E-state index contributed by atoms with van der Waals surface area (Å²) in [4.78, 5) is 22.2. The number of hydrogen-bond donors (Lipinski definition) is 1. The summed E-state index contributed by atoms with van der Waals surface area (Å²) in [5.74, 6) is -1.77. The van der Waals surface area contributed by atoms with Crippen LogP contribution >= 0.6 is 15.9 Å². The zero-order valence-electron chi connectivity index (χ0n) is 16.0. The van der Waals surface area contributed by atoms with Crippen LogP contribution in [-0.4, -0.2) is 29.1 Å². The Morgan fingerprint density at radius 2 is 1.97 bits per heavy atom. The van der Waals surface area contributed by atoms with E-state index in [0.717, 1.165) is 0 Å². The van der Waals surface area contributed by atoms with Gasteiger partial charge in [-0.1, -0.05) is 12.1 Å². The van der Waals surface area contributed by atoms with Gasteiger partial charge in [0.2, 0.25) is 0 Å². The highest BCUT2D eigenvalue weighted by Gasteiger charge is 2.30. The molecule has 5 nitrogen and oxygen atoms in total. The van der Waals surface area contributed by atoms with Crippen LogP contribution < -0.4 is 5.73 Å². The largest absolute Gasteiger partial charge is 0.398 e. The van der Waals surface area contributed by atoms with Crippen molar-refractivity contribution < 1.29 is 13.6 Å². The van der Waals surface area contributed by atoms with Crippen molar-refractivity contribution in [1.82, 2.24) is 9.88 Å². The van der Waals surface area contributed by atoms with E-state index in [9.17, 15) is 13.6 Å². The van der Waals surface area contributed by atoms with Crippen LogP contribution in [0.1, 0.15) is 27.2 Å². The Balaban J connectivity index is 1.67. The first kappa shape index (κ1) is 20.2. The molecule has 1 aliphatic rings. The number of benzene rings is 2. The van der Waals surface area contributed by atoms with E-state index in [1.54, 1.807) is 43.7 Å². The number of carbonyl (C=O) groups excluding carboxylic acids is 1. The standard InChI is InChI=1S/C22H17BrF2N4O/c1-27-9-16-14(3-2-4-20(16)26)12-5-18(24)17(19(25)6-12)10-29-11-21-15(22(29)30)7-13(23)8-28-21/h2-9H,10-11,26H2,1H3. The average Bonchev–Trinajstić information content (AvgIpc) is 3.01. The molecule has 0 fully saturated rings. The molecule has 2 heterocycles. The number of aromatic nitrogens is 1. The second-order valence-electron chi connectivity index (χ2n) is 6.92. The second-order valence-corrected chi connectivity index (χ2v) is 7.84. The van der Waals surface area contributed by atoms with E-state index < -0.39 is 11.6 Å². The fraction of sp³-hybridized carbons (Fsp3) is 0.136. The van der Waals surface area contributed by atoms with Gasteiger partial charge in [-0.05, 0) is 51.3 Å². The molecule has 8 heteroatoms. The molecule has 0 aliphatic carbocycles. The highest BCUT2D eigenvalue weighted by Crippen LogP contribution is 2.31. The lowest BCUT2D eigenvalue weighted by molar-refractivity contribution is 0.0763. The Bertz CT molecular complexity index is 1170. The zero-order chi connectivity index (χ0) is 21.4. The number of fused-ring (bicyclic) bond motifs is 1. The number of amides is 1. The summed E-state index contributed by atoms with van der Waals surface area (Å²) >= 11 is 3.28. The van der Waals surface area contributed by atoms with E-state index in [1.807, 2.05) is 0 Å². The molecule has 30 heavy (non-hydrogen) atoms. The molecule has 0 radical (unpaired) electrons. The van der Waals surface area contributed by atoms with Crippen molar-refractivity contribution in [2.45, 2.75) is 13.1 Å². The molecule has 2 aromatic carbocycles. The maximum atomic E-state index is 14.9. The number of nitrogens with zero attached hydrogens (tertiary/aromatic N) is 3. The highest BCUT2D eigenvalue weighted by atomic mass is 79.9. The van der Waals surface area contributed by atoms with E-state index in [4.69, 9.17) is 5.73 Å². The van der Waals surface area contributed by atoms with Crippen molar-refractivity contribution in [3.8, 4) is 11.1 Å². The van der Waals surface area contributed by atoms with Crippen molar-refractivity contribution in [2.24, 2.45) is 4.99 Å². The lowest BCUT2D eigenvalue weighted by Gasteiger charge is -2.17. The Morgan fingerprint density at radius 1 is 1.23 bits per heavy atom. The molecular weight excluding hydrogens is 454 g/mol. The van der Waals surface area contributed by atoms with Crippen LogP contribution in [0.5, 0.6) is 0 Å². The molecule has 0 unspecified atom stereocenters. The predicted octanol–water partition coefficient (Wildman–Crippen LogP) is 4.58. The summed E-state index contributed by atoms with van der Waals surface area (Å²) in [5.41, 5.74) is 8.81. The molecular formula is C22H17BrF2N4O. The number of nitrogen functional groups attached to an aromatic ring is 1. The second kappa shape index (κ2) is 7.95. The molecule has 0 bridgehead atoms. The summed E-state index contributed by atoms with van der Waals surface area (Å²) in [7, 11) is 1.60. The van der Waals surface area contributed by atoms with Gasteiger partial charge in [-0.3, -0.25) is 14.8 Å². The zero-order valence-corrected chi connectivity index (χ0v) is 17.6. The lowest BCUT2D eigenvalue weighted by Crippen LogP contribution is -2.24. The fourth-order valence-corrected chi connectivity index (χ4v) is 3.87. The highest BCUT2D eigenvalue weighted by molar-refractivity contribution is 9.10. The van der Waals surface area contributed by atoms with Crippen molar-refractivity contribution >= 4 is 33.7 Å². The SMILES string of the molecule is CN=Cc1c(N)cccc1-c1cc(F)c(CN2Cc3ncc(Br)cc3C2=O)c(F)c1. The summed E-state index contributed by atoms with van der Waals surface area (Å²) in [6.45, 7) is 0.0133. The van der Waals surface area contributed by atoms with Gasteiger partial charge in [0.25, 0.3) is 5.91 Å². The van der Waals surface area contributed by atoms with Crippen LogP contribution in [0, 0.1) is 11.6 Å². The lowest BCUT2D eigenvalue weighted by atomic mass is 9.97. The first-order valence-corrected chi connectivity index (χ1v) is 9.91. The minimum Gasteiger partial charge on any atom is -0.398 e. The molecule has 1 aliphatic heterocycles. The van der Waals surface area contributed by atoms with E-state index in [0.29, 0.717) is 38.1 Å². The predicted molar refractivity (Wildman–Crippen MR) is 115 cm³/mol. The van der Waals surface area contributed by atoms with E-state index in [1.165, 1.54) is 17.0 Å². The van der Waals surface area contributed by atoms with Crippen LogP contribution in [0.4, 0.5) is 14.5 Å². The molecule has 3 aromatic rings. The molecule has 0 atom stereocenters. The summed E-state index contributed by atoms with van der Waals surface area (Å²) in [6, 6.07) is 9.31. The van der Waals surface area contributed by atoms with Crippen LogP contribution in [-0.2, 0) is 13.1 Å². The third-order valence-electron chi connectivity index (χ3n) is 4.99. The van der Waals surface area contributed by atoms with E-state index in [-0.39, 0.29) is 24.6 Å². The van der Waals surface area contributed by atoms with Crippen molar-refractivity contribution in [2.75, 3.05) is 12.8 Å². The first-order chi connectivity index (χ1) is 14.4. The summed E-state index contributed by atoms with van der Waals surface area (Å²) in [6.07, 6.45) is 3.15. The third kappa shape index (κ3) is 3.59. The van der Waals surface area contributed by atoms with Gasteiger partial charge in [0.05, 0.1) is 24.3 Å². The first-order valence-electron chi connectivity index (χ1n) is 9.11. The summed E-state index contributed by atoms with van der Waals surface area (Å²) < 4.78 is 30.5.